The summed E-state index contributed by atoms with van der Waals surface area (Å²) in [6.07, 6.45) is 0. The molecule has 0 saturated carbocycles. The molecule has 4 nitrogen and oxygen atoms in total. The van der Waals surface area contributed by atoms with Crippen molar-refractivity contribution in [3.05, 3.63) is 0 Å². The molecule has 0 aliphatic rings. The fraction of sp³-hybridized carbons (Fsp3) is 0. The summed E-state index contributed by atoms with van der Waals surface area (Å²) in [6.45, 7) is 0. The zero-order valence-corrected chi connectivity index (χ0v) is 6.12. The molecule has 0 bridgehead atoms. The molecule has 0 spiro atoms. The van der Waals surface area contributed by atoms with Gasteiger partial charge in [0.05, 0.1) is 0 Å². The molecule has 33 valence electrons. The first-order valence-electron chi connectivity index (χ1n) is 0. The Morgan fingerprint density at radius 1 is 0.400 bits per heavy atom. The molecular formula is H8KO4. The summed E-state index contributed by atoms with van der Waals surface area (Å²) in [7, 11) is 0. The normalized spacial score (nSPS) is 0. The zero-order chi connectivity index (χ0) is 0. The number of rotatable bonds is 0. The van der Waals surface area contributed by atoms with Crippen LogP contribution in [0.2, 0.25) is 0 Å². The molecule has 0 aromatic rings. The molecule has 0 aliphatic carbocycles. The van der Waals surface area contributed by atoms with Gasteiger partial charge in [0.1, 0.15) is 0 Å². The average molecular weight is 111 g/mol. The van der Waals surface area contributed by atoms with Crippen LogP contribution < -0.4 is 0 Å². The van der Waals surface area contributed by atoms with Crippen molar-refractivity contribution in [3.8, 4) is 0 Å². The first-order chi connectivity index (χ1) is 0. The Morgan fingerprint density at radius 2 is 0.400 bits per heavy atom. The SMILES string of the molecule is O.O.O.O.[K]. The molecule has 0 atom stereocenters. The van der Waals surface area contributed by atoms with Gasteiger partial charge in [0.15, 0.2) is 0 Å². The molecule has 0 rings (SSSR count). The van der Waals surface area contributed by atoms with Gasteiger partial charge in [-0.1, -0.05) is 0 Å². The first kappa shape index (κ1) is 89.1. The van der Waals surface area contributed by atoms with E-state index in [-0.39, 0.29) is 73.3 Å². The van der Waals surface area contributed by atoms with Crippen molar-refractivity contribution in [2.75, 3.05) is 0 Å². The fourth-order valence-corrected chi connectivity index (χ4v) is 0. The van der Waals surface area contributed by atoms with Gasteiger partial charge in [-0.2, -0.15) is 0 Å². The van der Waals surface area contributed by atoms with E-state index in [1.807, 2.05) is 0 Å². The van der Waals surface area contributed by atoms with Gasteiger partial charge in [-0.15, -0.1) is 0 Å². The van der Waals surface area contributed by atoms with Crippen molar-refractivity contribution in [2.45, 2.75) is 0 Å². The van der Waals surface area contributed by atoms with E-state index < -0.39 is 0 Å². The molecule has 5 heteroatoms. The van der Waals surface area contributed by atoms with Gasteiger partial charge in [-0.3, -0.25) is 0 Å². The second kappa shape index (κ2) is 50.3. The van der Waals surface area contributed by atoms with E-state index in [1.54, 1.807) is 0 Å². The Morgan fingerprint density at radius 3 is 0.400 bits per heavy atom. The van der Waals surface area contributed by atoms with Gasteiger partial charge >= 0.3 is 0 Å². The molecule has 0 saturated heterocycles. The van der Waals surface area contributed by atoms with Crippen LogP contribution in [0.1, 0.15) is 0 Å². The van der Waals surface area contributed by atoms with Crippen molar-refractivity contribution in [2.24, 2.45) is 0 Å². The summed E-state index contributed by atoms with van der Waals surface area (Å²) >= 11 is 0. The van der Waals surface area contributed by atoms with Crippen molar-refractivity contribution < 1.29 is 21.9 Å². The van der Waals surface area contributed by atoms with Crippen LogP contribution in [0.25, 0.3) is 0 Å². The number of hydrogen-bond acceptors (Lipinski definition) is 0. The molecule has 8 N–H and O–H groups in total. The molecule has 1 radical (unpaired) electrons. The van der Waals surface area contributed by atoms with Crippen LogP contribution in [0.5, 0.6) is 0 Å². The van der Waals surface area contributed by atoms with Crippen molar-refractivity contribution in [1.29, 1.82) is 0 Å². The van der Waals surface area contributed by atoms with Gasteiger partial charge < -0.3 is 21.9 Å². The Kier molecular flexibility index (Phi) is 897. The van der Waals surface area contributed by atoms with E-state index in [9.17, 15) is 0 Å². The predicted octanol–water partition coefficient (Wildman–Crippen LogP) is -3.68. The molecular weight excluding hydrogens is 103 g/mol. The largest absolute Gasteiger partial charge is 0.412 e. The van der Waals surface area contributed by atoms with Crippen LogP contribution in [-0.4, -0.2) is 73.3 Å². The van der Waals surface area contributed by atoms with E-state index in [0.717, 1.165) is 0 Å². The average Bonchev–Trinajstić information content (AvgIpc) is 0. The number of hydrogen-bond donors (Lipinski definition) is 0. The second-order valence-electron chi connectivity index (χ2n) is 0. The Labute approximate surface area is 72.2 Å². The minimum Gasteiger partial charge on any atom is -0.412 e. The summed E-state index contributed by atoms with van der Waals surface area (Å²) in [4.78, 5) is 0. The van der Waals surface area contributed by atoms with Gasteiger partial charge in [-0.25, -0.2) is 0 Å². The summed E-state index contributed by atoms with van der Waals surface area (Å²) in [5, 5.41) is 0. The predicted molar refractivity (Wildman–Crippen MR) is 20.2 cm³/mol. The van der Waals surface area contributed by atoms with E-state index in [1.165, 1.54) is 0 Å². The maximum Gasteiger partial charge on any atom is 0 e. The maximum atomic E-state index is 0. The molecule has 0 unspecified atom stereocenters. The van der Waals surface area contributed by atoms with E-state index in [0.29, 0.717) is 0 Å². The molecule has 0 heterocycles. The van der Waals surface area contributed by atoms with Crippen LogP contribution >= 0.6 is 0 Å². The van der Waals surface area contributed by atoms with E-state index >= 15 is 0 Å². The maximum absolute atomic E-state index is 0. The third kappa shape index (κ3) is 30.4. The topological polar surface area (TPSA) is 126 Å². The second-order valence-corrected chi connectivity index (χ2v) is 0. The molecule has 0 amide bonds. The van der Waals surface area contributed by atoms with Gasteiger partial charge in [0.25, 0.3) is 0 Å². The summed E-state index contributed by atoms with van der Waals surface area (Å²) in [5.74, 6) is 0. The van der Waals surface area contributed by atoms with Crippen LogP contribution in [0.4, 0.5) is 0 Å². The summed E-state index contributed by atoms with van der Waals surface area (Å²) in [5.41, 5.74) is 0. The van der Waals surface area contributed by atoms with Gasteiger partial charge in [0, 0.05) is 51.4 Å². The zero-order valence-electron chi connectivity index (χ0n) is 3.00. The smallest absolute Gasteiger partial charge is 0 e. The third-order valence-corrected chi connectivity index (χ3v) is 0. The minimum atomic E-state index is 0. The Hall–Kier alpha value is 1.48. The van der Waals surface area contributed by atoms with Crippen LogP contribution in [0.3, 0.4) is 0 Å². The van der Waals surface area contributed by atoms with Crippen molar-refractivity contribution in [3.63, 3.8) is 0 Å². The quantitative estimate of drug-likeness (QED) is 0.285. The summed E-state index contributed by atoms with van der Waals surface area (Å²) < 4.78 is 0. The van der Waals surface area contributed by atoms with Crippen LogP contribution in [0.15, 0.2) is 0 Å². The Balaban J connectivity index is 0. The van der Waals surface area contributed by atoms with E-state index in [4.69, 9.17) is 0 Å². The first-order valence-corrected chi connectivity index (χ1v) is 0. The van der Waals surface area contributed by atoms with Crippen molar-refractivity contribution in [1.82, 2.24) is 0 Å². The third-order valence-electron chi connectivity index (χ3n) is 0. The van der Waals surface area contributed by atoms with Gasteiger partial charge in [0.2, 0.25) is 0 Å². The molecule has 0 aliphatic heterocycles. The van der Waals surface area contributed by atoms with Crippen LogP contribution in [-0.2, 0) is 0 Å². The molecule has 0 aromatic carbocycles. The van der Waals surface area contributed by atoms with Crippen LogP contribution in [0, 0.1) is 0 Å². The molecule has 0 aromatic heterocycles. The monoisotopic (exact) mass is 111 g/mol. The fourth-order valence-electron chi connectivity index (χ4n) is 0. The molecule has 0 fully saturated rings. The van der Waals surface area contributed by atoms with E-state index in [2.05, 4.69) is 0 Å². The standard InChI is InChI=1S/K.4H2O/h;4*1H2. The summed E-state index contributed by atoms with van der Waals surface area (Å²) in [6, 6.07) is 0. The van der Waals surface area contributed by atoms with Gasteiger partial charge in [-0.05, 0) is 0 Å². The van der Waals surface area contributed by atoms with Crippen molar-refractivity contribution >= 4 is 51.4 Å². The Bertz CT molecular complexity index is 3.61. The minimum absolute atomic E-state index is 0. The molecule has 5 heavy (non-hydrogen) atoms.